The summed E-state index contributed by atoms with van der Waals surface area (Å²) in [6.45, 7) is 0.530. The summed E-state index contributed by atoms with van der Waals surface area (Å²) in [6, 6.07) is -0.175. The Labute approximate surface area is 184 Å². The topological polar surface area (TPSA) is 102 Å². The van der Waals surface area contributed by atoms with E-state index < -0.39 is 27.6 Å². The van der Waals surface area contributed by atoms with Gasteiger partial charge in [0.15, 0.2) is 0 Å². The number of hydrogen-bond donors (Lipinski definition) is 1. The second-order valence-electron chi connectivity index (χ2n) is 8.11. The number of aryl methyl sites for hydroxylation is 1. The normalized spacial score (nSPS) is 19.4. The van der Waals surface area contributed by atoms with Crippen molar-refractivity contribution in [3.05, 3.63) is 24.2 Å². The van der Waals surface area contributed by atoms with E-state index in [-0.39, 0.29) is 36.1 Å². The first-order valence-corrected chi connectivity index (χ1v) is 11.9. The molecule has 1 N–H and O–H groups in total. The molecule has 2 aliphatic rings. The van der Waals surface area contributed by atoms with Crippen molar-refractivity contribution < 1.29 is 26.3 Å². The number of sulfonamides is 1. The van der Waals surface area contributed by atoms with Crippen molar-refractivity contribution in [2.24, 2.45) is 7.05 Å². The molecule has 0 amide bonds. The molecule has 0 aromatic carbocycles. The number of alkyl halides is 3. The van der Waals surface area contributed by atoms with Gasteiger partial charge in [-0.2, -0.15) is 27.6 Å². The number of anilines is 1. The summed E-state index contributed by atoms with van der Waals surface area (Å²) in [5.41, 5.74) is -0.993. The van der Waals surface area contributed by atoms with Crippen LogP contribution in [0, 0.1) is 0 Å². The first kappa shape index (κ1) is 22.8. The van der Waals surface area contributed by atoms with Crippen molar-refractivity contribution in [1.29, 1.82) is 0 Å². The molecule has 176 valence electrons. The zero-order valence-corrected chi connectivity index (χ0v) is 18.4. The van der Waals surface area contributed by atoms with Crippen molar-refractivity contribution in [2.75, 3.05) is 18.4 Å². The van der Waals surface area contributed by atoms with Crippen LogP contribution in [0.25, 0.3) is 0 Å². The Bertz CT molecular complexity index is 1040. The second kappa shape index (κ2) is 8.85. The summed E-state index contributed by atoms with van der Waals surface area (Å²) in [7, 11) is -1.99. The minimum absolute atomic E-state index is 0.0413. The van der Waals surface area contributed by atoms with Crippen LogP contribution < -0.4 is 10.1 Å². The Kier molecular flexibility index (Phi) is 6.30. The molecular weight excluding hydrogens is 449 g/mol. The van der Waals surface area contributed by atoms with Gasteiger partial charge in [-0.15, -0.1) is 0 Å². The third-order valence-electron chi connectivity index (χ3n) is 5.75. The van der Waals surface area contributed by atoms with Crippen LogP contribution in [0.4, 0.5) is 19.1 Å². The molecule has 2 aromatic heterocycles. The van der Waals surface area contributed by atoms with Gasteiger partial charge in [0, 0.05) is 38.6 Å². The SMILES string of the molecule is Cn1cc(S(=O)(=O)N2CCC(Nc3ncc(C(F)(F)F)c(OC4CCCC4)n3)CC2)cn1. The molecule has 0 unspecified atom stereocenters. The number of rotatable bonds is 6. The highest BCUT2D eigenvalue weighted by Crippen LogP contribution is 2.37. The van der Waals surface area contributed by atoms with Gasteiger partial charge in [0.1, 0.15) is 16.6 Å². The van der Waals surface area contributed by atoms with Crippen LogP contribution in [0.3, 0.4) is 0 Å². The quantitative estimate of drug-likeness (QED) is 0.687. The Balaban J connectivity index is 1.42. The molecule has 0 spiro atoms. The van der Waals surface area contributed by atoms with Crippen molar-refractivity contribution in [2.45, 2.75) is 61.7 Å². The molecule has 1 aliphatic carbocycles. The van der Waals surface area contributed by atoms with Gasteiger partial charge in [-0.25, -0.2) is 13.4 Å². The maximum Gasteiger partial charge on any atom is 0.423 e. The molecule has 13 heteroatoms. The largest absolute Gasteiger partial charge is 0.474 e. The maximum atomic E-state index is 13.4. The van der Waals surface area contributed by atoms with Crippen LogP contribution in [-0.2, 0) is 23.2 Å². The Morgan fingerprint density at radius 3 is 2.41 bits per heavy atom. The van der Waals surface area contributed by atoms with E-state index in [0.717, 1.165) is 19.0 Å². The zero-order valence-electron chi connectivity index (χ0n) is 17.5. The highest BCUT2D eigenvalue weighted by Gasteiger charge is 2.37. The molecule has 1 saturated carbocycles. The fourth-order valence-corrected chi connectivity index (χ4v) is 5.44. The molecule has 9 nitrogen and oxygen atoms in total. The number of aromatic nitrogens is 4. The minimum atomic E-state index is -4.61. The monoisotopic (exact) mass is 474 g/mol. The molecule has 32 heavy (non-hydrogen) atoms. The van der Waals surface area contributed by atoms with Gasteiger partial charge >= 0.3 is 6.18 Å². The maximum absolute atomic E-state index is 13.4. The van der Waals surface area contributed by atoms with Crippen molar-refractivity contribution in [3.8, 4) is 5.88 Å². The summed E-state index contributed by atoms with van der Waals surface area (Å²) < 4.78 is 73.9. The fraction of sp³-hybridized carbons (Fsp3) is 0.632. The molecule has 0 bridgehead atoms. The van der Waals surface area contributed by atoms with Gasteiger partial charge in [0.25, 0.3) is 0 Å². The van der Waals surface area contributed by atoms with E-state index in [1.165, 1.54) is 21.4 Å². The van der Waals surface area contributed by atoms with Crippen LogP contribution in [-0.4, -0.2) is 57.7 Å². The van der Waals surface area contributed by atoms with Gasteiger partial charge < -0.3 is 10.1 Å². The number of ether oxygens (including phenoxy) is 1. The summed E-state index contributed by atoms with van der Waals surface area (Å²) in [5, 5.41) is 6.94. The number of hydrogen-bond acceptors (Lipinski definition) is 7. The molecule has 3 heterocycles. The van der Waals surface area contributed by atoms with Gasteiger partial charge in [0.05, 0.1) is 6.20 Å². The average Bonchev–Trinajstić information content (AvgIpc) is 3.40. The van der Waals surface area contributed by atoms with Gasteiger partial charge in [-0.3, -0.25) is 4.68 Å². The average molecular weight is 475 g/mol. The lowest BCUT2D eigenvalue weighted by molar-refractivity contribution is -0.139. The lowest BCUT2D eigenvalue weighted by Gasteiger charge is -2.31. The molecule has 0 atom stereocenters. The Morgan fingerprint density at radius 2 is 1.81 bits per heavy atom. The third-order valence-corrected chi connectivity index (χ3v) is 7.60. The van der Waals surface area contributed by atoms with E-state index in [4.69, 9.17) is 4.74 Å². The van der Waals surface area contributed by atoms with Gasteiger partial charge in [-0.1, -0.05) is 0 Å². The van der Waals surface area contributed by atoms with Crippen molar-refractivity contribution in [1.82, 2.24) is 24.1 Å². The molecule has 1 saturated heterocycles. The van der Waals surface area contributed by atoms with Crippen LogP contribution in [0.15, 0.2) is 23.5 Å². The minimum Gasteiger partial charge on any atom is -0.474 e. The van der Waals surface area contributed by atoms with E-state index in [9.17, 15) is 21.6 Å². The summed E-state index contributed by atoms with van der Waals surface area (Å²) in [5.74, 6) is -0.418. The molecule has 2 aromatic rings. The third kappa shape index (κ3) is 4.98. The second-order valence-corrected chi connectivity index (χ2v) is 10.0. The van der Waals surface area contributed by atoms with Gasteiger partial charge in [0.2, 0.25) is 21.9 Å². The fourth-order valence-electron chi connectivity index (χ4n) is 3.99. The van der Waals surface area contributed by atoms with E-state index in [1.807, 2.05) is 0 Å². The van der Waals surface area contributed by atoms with Crippen molar-refractivity contribution in [3.63, 3.8) is 0 Å². The number of nitrogens with zero attached hydrogens (tertiary/aromatic N) is 5. The summed E-state index contributed by atoms with van der Waals surface area (Å²) >= 11 is 0. The first-order valence-electron chi connectivity index (χ1n) is 10.5. The number of piperidine rings is 1. The summed E-state index contributed by atoms with van der Waals surface area (Å²) in [6.07, 6.45) is 2.77. The predicted molar refractivity (Wildman–Crippen MR) is 109 cm³/mol. The van der Waals surface area contributed by atoms with Crippen LogP contribution >= 0.6 is 0 Å². The molecule has 4 rings (SSSR count). The van der Waals surface area contributed by atoms with E-state index in [0.29, 0.717) is 25.7 Å². The number of halogens is 3. The Morgan fingerprint density at radius 1 is 1.12 bits per heavy atom. The van der Waals surface area contributed by atoms with E-state index >= 15 is 0 Å². The highest BCUT2D eigenvalue weighted by atomic mass is 32.2. The van der Waals surface area contributed by atoms with Crippen molar-refractivity contribution >= 4 is 16.0 Å². The standard InChI is InChI=1S/C19H25F3N6O3S/c1-27-12-15(10-24-27)32(29,30)28-8-6-13(7-9-28)25-18-23-11-16(19(20,21)22)17(26-18)31-14-4-2-3-5-14/h10-14H,2-9H2,1H3,(H,23,25,26). The van der Waals surface area contributed by atoms with Crippen LogP contribution in [0.2, 0.25) is 0 Å². The van der Waals surface area contributed by atoms with Gasteiger partial charge in [-0.05, 0) is 38.5 Å². The van der Waals surface area contributed by atoms with E-state index in [2.05, 4.69) is 20.4 Å². The zero-order chi connectivity index (χ0) is 22.9. The number of nitrogens with one attached hydrogen (secondary N) is 1. The molecule has 0 radical (unpaired) electrons. The lowest BCUT2D eigenvalue weighted by atomic mass is 10.1. The molecular formula is C19H25F3N6O3S. The molecule has 1 aliphatic heterocycles. The lowest BCUT2D eigenvalue weighted by Crippen LogP contribution is -2.42. The highest BCUT2D eigenvalue weighted by molar-refractivity contribution is 7.89. The van der Waals surface area contributed by atoms with E-state index in [1.54, 1.807) is 7.05 Å². The predicted octanol–water partition coefficient (Wildman–Crippen LogP) is 2.82. The summed E-state index contributed by atoms with van der Waals surface area (Å²) in [4.78, 5) is 7.97. The first-order chi connectivity index (χ1) is 15.1. The van der Waals surface area contributed by atoms with Crippen LogP contribution in [0.5, 0.6) is 5.88 Å². The van der Waals surface area contributed by atoms with Crippen LogP contribution in [0.1, 0.15) is 44.1 Å². The smallest absolute Gasteiger partial charge is 0.423 e. The molecule has 2 fully saturated rings. The Hall–Kier alpha value is -2.41.